The third-order valence-corrected chi connectivity index (χ3v) is 11.2. The van der Waals surface area contributed by atoms with E-state index in [0.717, 1.165) is 57.8 Å². The molecule has 0 aliphatic heterocycles. The van der Waals surface area contributed by atoms with E-state index in [-0.39, 0.29) is 42.7 Å². The minimum atomic E-state index is -1.13. The molecule has 0 aromatic rings. The van der Waals surface area contributed by atoms with Crippen molar-refractivity contribution in [1.29, 1.82) is 0 Å². The van der Waals surface area contributed by atoms with Gasteiger partial charge in [-0.15, -0.1) is 0 Å². The van der Waals surface area contributed by atoms with Gasteiger partial charge in [0.2, 0.25) is 0 Å². The number of unbranched alkanes of at least 4 members (excludes halogenated alkanes) is 21. The summed E-state index contributed by atoms with van der Waals surface area (Å²) in [7, 11) is 5.40. The minimum Gasteiger partial charge on any atom is -0.544 e. The summed E-state index contributed by atoms with van der Waals surface area (Å²) in [6.45, 7) is 4.61. The molecule has 0 spiro atoms. The van der Waals surface area contributed by atoms with Crippen LogP contribution in [0.3, 0.4) is 0 Å². The van der Waals surface area contributed by atoms with Gasteiger partial charge in [0.05, 0.1) is 40.3 Å². The van der Waals surface area contributed by atoms with Crippen molar-refractivity contribution < 1.29 is 38.2 Å². The molecule has 0 fully saturated rings. The van der Waals surface area contributed by atoms with E-state index in [4.69, 9.17) is 14.2 Å². The van der Waals surface area contributed by atoms with Gasteiger partial charge in [0.25, 0.3) is 0 Å². The highest BCUT2D eigenvalue weighted by molar-refractivity contribution is 5.70. The molecule has 2 atom stereocenters. The van der Waals surface area contributed by atoms with E-state index >= 15 is 0 Å². The topological polar surface area (TPSA) is 102 Å². The Morgan fingerprint density at radius 3 is 1.29 bits per heavy atom. The molecule has 62 heavy (non-hydrogen) atoms. The average Bonchev–Trinajstić information content (AvgIpc) is 3.23. The Bertz CT molecular complexity index is 1200. The summed E-state index contributed by atoms with van der Waals surface area (Å²) in [5.74, 6) is -1.78. The summed E-state index contributed by atoms with van der Waals surface area (Å²) in [6, 6.07) is -0.734. The van der Waals surface area contributed by atoms with Gasteiger partial charge in [-0.1, -0.05) is 190 Å². The van der Waals surface area contributed by atoms with E-state index in [9.17, 15) is 19.5 Å². The van der Waals surface area contributed by atoms with Crippen molar-refractivity contribution in [2.75, 3.05) is 41.0 Å². The van der Waals surface area contributed by atoms with E-state index in [1.165, 1.54) is 116 Å². The summed E-state index contributed by atoms with van der Waals surface area (Å²) >= 11 is 0. The monoisotopic (exact) mass is 870 g/mol. The van der Waals surface area contributed by atoms with Crippen LogP contribution in [0, 0.1) is 0 Å². The predicted octanol–water partition coefficient (Wildman–Crippen LogP) is 13.2. The molecule has 2 unspecified atom stereocenters. The van der Waals surface area contributed by atoms with Crippen molar-refractivity contribution >= 4 is 17.9 Å². The van der Waals surface area contributed by atoms with Crippen molar-refractivity contribution in [3.8, 4) is 0 Å². The molecule has 0 aliphatic rings. The molecule has 0 amide bonds. The fourth-order valence-electron chi connectivity index (χ4n) is 7.21. The maximum Gasteiger partial charge on any atom is 0.306 e. The van der Waals surface area contributed by atoms with Gasteiger partial charge in [-0.25, -0.2) is 0 Å². The van der Waals surface area contributed by atoms with Gasteiger partial charge in [-0.3, -0.25) is 9.59 Å². The number of carbonyl (C=O) groups is 3. The van der Waals surface area contributed by atoms with Crippen LogP contribution in [0.2, 0.25) is 0 Å². The Kier molecular flexibility index (Phi) is 42.5. The lowest BCUT2D eigenvalue weighted by Crippen LogP contribution is -2.55. The molecular weight excluding hydrogens is 775 g/mol. The quantitative estimate of drug-likeness (QED) is 0.0260. The summed E-state index contributed by atoms with van der Waals surface area (Å²) in [5, 5.41) is 11.7. The SMILES string of the molecule is CCCCC/C=C/C/C=C/C/C=C/C/C=C/C/C=C/CCCCC(=O)OCC(COCCC(C(=O)[O-])[N+](C)(C)C)OC(=O)CCCCCCCCCCCCCCCCCCC. The van der Waals surface area contributed by atoms with Crippen LogP contribution in [0.4, 0.5) is 0 Å². The molecule has 0 rings (SSSR count). The number of hydrogen-bond donors (Lipinski definition) is 0. The van der Waals surface area contributed by atoms with Crippen LogP contribution in [0.25, 0.3) is 0 Å². The molecule has 0 radical (unpaired) electrons. The van der Waals surface area contributed by atoms with E-state index in [2.05, 4.69) is 74.6 Å². The van der Waals surface area contributed by atoms with E-state index < -0.39 is 18.1 Å². The number of quaternary nitrogens is 1. The third-order valence-electron chi connectivity index (χ3n) is 11.2. The van der Waals surface area contributed by atoms with Crippen LogP contribution in [-0.4, -0.2) is 75.5 Å². The first kappa shape index (κ1) is 59.0. The van der Waals surface area contributed by atoms with Gasteiger partial charge in [-0.05, 0) is 64.2 Å². The van der Waals surface area contributed by atoms with Crippen LogP contribution < -0.4 is 5.11 Å². The lowest BCUT2D eigenvalue weighted by atomic mass is 10.0. The molecule has 8 nitrogen and oxygen atoms in total. The van der Waals surface area contributed by atoms with Gasteiger partial charge in [-0.2, -0.15) is 0 Å². The Labute approximate surface area is 381 Å². The smallest absolute Gasteiger partial charge is 0.306 e. The summed E-state index contributed by atoms with van der Waals surface area (Å²) in [6.07, 6.45) is 55.3. The zero-order valence-electron chi connectivity index (χ0n) is 40.8. The zero-order chi connectivity index (χ0) is 45.6. The number of allylic oxidation sites excluding steroid dienone is 10. The van der Waals surface area contributed by atoms with Crippen LogP contribution in [0.1, 0.15) is 213 Å². The second-order valence-corrected chi connectivity index (χ2v) is 18.1. The number of carboxylic acids is 1. The van der Waals surface area contributed by atoms with Crippen molar-refractivity contribution in [3.05, 3.63) is 60.8 Å². The molecular formula is C54H95NO7. The van der Waals surface area contributed by atoms with Gasteiger partial charge in [0.1, 0.15) is 12.6 Å². The molecule has 0 aliphatic carbocycles. The molecule has 0 bridgehead atoms. The Morgan fingerprint density at radius 1 is 0.484 bits per heavy atom. The molecule has 0 N–H and O–H groups in total. The molecule has 0 heterocycles. The van der Waals surface area contributed by atoms with E-state index in [1.807, 2.05) is 0 Å². The maximum absolute atomic E-state index is 12.8. The van der Waals surface area contributed by atoms with E-state index in [1.54, 1.807) is 21.1 Å². The van der Waals surface area contributed by atoms with Crippen LogP contribution >= 0.6 is 0 Å². The summed E-state index contributed by atoms with van der Waals surface area (Å²) in [4.78, 5) is 37.0. The second kappa shape index (κ2) is 44.6. The van der Waals surface area contributed by atoms with Crippen molar-refractivity contribution in [1.82, 2.24) is 0 Å². The van der Waals surface area contributed by atoms with Crippen LogP contribution in [0.15, 0.2) is 60.8 Å². The maximum atomic E-state index is 12.8. The zero-order valence-corrected chi connectivity index (χ0v) is 40.8. The van der Waals surface area contributed by atoms with Crippen LogP contribution in [-0.2, 0) is 28.6 Å². The second-order valence-electron chi connectivity index (χ2n) is 18.1. The first-order valence-corrected chi connectivity index (χ1v) is 25.3. The van der Waals surface area contributed by atoms with Gasteiger partial charge >= 0.3 is 11.9 Å². The summed E-state index contributed by atoms with van der Waals surface area (Å²) < 4.78 is 17.2. The van der Waals surface area contributed by atoms with Gasteiger partial charge < -0.3 is 28.6 Å². The number of carboxylic acid groups (broad SMARTS) is 1. The number of ether oxygens (including phenoxy) is 3. The summed E-state index contributed by atoms with van der Waals surface area (Å²) in [5.41, 5.74) is 0. The normalized spacial score (nSPS) is 13.4. The lowest BCUT2D eigenvalue weighted by molar-refractivity contribution is -0.889. The molecule has 0 saturated carbocycles. The number of rotatable bonds is 45. The number of carbonyl (C=O) groups excluding carboxylic acids is 3. The average molecular weight is 870 g/mol. The molecule has 8 heteroatoms. The molecule has 358 valence electrons. The number of likely N-dealkylation sites (N-methyl/N-ethyl adjacent to an activating group) is 1. The highest BCUT2D eigenvalue weighted by atomic mass is 16.6. The first-order chi connectivity index (χ1) is 30.1. The fourth-order valence-corrected chi connectivity index (χ4v) is 7.21. The lowest BCUT2D eigenvalue weighted by Gasteiger charge is -2.34. The van der Waals surface area contributed by atoms with E-state index in [0.29, 0.717) is 19.3 Å². The Morgan fingerprint density at radius 2 is 0.855 bits per heavy atom. The number of aliphatic carboxylic acids is 1. The van der Waals surface area contributed by atoms with Crippen LogP contribution in [0.5, 0.6) is 0 Å². The Hall–Kier alpha value is -2.97. The molecule has 0 saturated heterocycles. The first-order valence-electron chi connectivity index (χ1n) is 25.3. The largest absolute Gasteiger partial charge is 0.544 e. The van der Waals surface area contributed by atoms with Gasteiger partial charge in [0, 0.05) is 19.3 Å². The molecule has 0 aromatic carbocycles. The molecule has 0 aromatic heterocycles. The number of esters is 2. The van der Waals surface area contributed by atoms with Gasteiger partial charge in [0.15, 0.2) is 6.10 Å². The number of nitrogens with zero attached hydrogens (tertiary/aromatic N) is 1. The highest BCUT2D eigenvalue weighted by Gasteiger charge is 2.25. The minimum absolute atomic E-state index is 0.0270. The van der Waals surface area contributed by atoms with Crippen molar-refractivity contribution in [2.24, 2.45) is 0 Å². The van der Waals surface area contributed by atoms with Crippen molar-refractivity contribution in [3.63, 3.8) is 0 Å². The number of hydrogen-bond acceptors (Lipinski definition) is 7. The highest BCUT2D eigenvalue weighted by Crippen LogP contribution is 2.15. The van der Waals surface area contributed by atoms with Crippen molar-refractivity contribution in [2.45, 2.75) is 225 Å². The fraction of sp³-hybridized carbons (Fsp3) is 0.759. The predicted molar refractivity (Wildman–Crippen MR) is 259 cm³/mol. The standard InChI is InChI=1S/C54H95NO7/c1-6-8-10-12-14-16-18-20-22-24-25-26-27-29-30-32-34-36-38-40-42-44-52(56)61-49-50(48-60-47-46-51(54(58)59)55(3,4)5)62-53(57)45-43-41-39-37-35-33-31-28-23-21-19-17-15-13-11-9-7-2/h14,16,20,22,25-26,29-30,34,36,50-51H,6-13,15,17-19,21,23-24,27-28,31-33,35,37-49H2,1-5H3/b16-14+,22-20+,26-25+,30-29+,36-34+. The Balaban J connectivity index is 4.34. The third kappa shape index (κ3) is 42.3.